The molecular weight excluding hydrogens is 298 g/mol. The van der Waals surface area contributed by atoms with Crippen molar-refractivity contribution in [2.24, 2.45) is 0 Å². The Hall–Kier alpha value is -2.66. The maximum absolute atomic E-state index is 12.4. The Morgan fingerprint density at radius 3 is 2.14 bits per heavy atom. The molecule has 0 aromatic heterocycles. The van der Waals surface area contributed by atoms with Crippen molar-refractivity contribution in [2.75, 3.05) is 4.90 Å². The van der Waals surface area contributed by atoms with Crippen molar-refractivity contribution in [1.82, 2.24) is 0 Å². The summed E-state index contributed by atoms with van der Waals surface area (Å²) < 4.78 is 0. The third-order valence-electron chi connectivity index (χ3n) is 3.18. The highest BCUT2D eigenvalue weighted by Crippen LogP contribution is 2.35. The van der Waals surface area contributed by atoms with Gasteiger partial charge in [0.2, 0.25) is 0 Å². The number of hydrogen-bond acceptors (Lipinski definition) is 4. The molecule has 1 aliphatic rings. The Balaban J connectivity index is 1.90. The highest BCUT2D eigenvalue weighted by Gasteiger charge is 2.36. The predicted octanol–water partition coefficient (Wildman–Crippen LogP) is 3.74. The van der Waals surface area contributed by atoms with Crippen LogP contribution in [0.1, 0.15) is 15.9 Å². The van der Waals surface area contributed by atoms with E-state index in [1.165, 1.54) is 0 Å². The number of anilines is 1. The molecule has 4 nitrogen and oxygen atoms in total. The molecule has 0 radical (unpaired) electrons. The van der Waals surface area contributed by atoms with Crippen LogP contribution in [-0.4, -0.2) is 17.4 Å². The van der Waals surface area contributed by atoms with Crippen LogP contribution >= 0.6 is 11.8 Å². The third-order valence-corrected chi connectivity index (χ3v) is 4.05. The first-order valence-corrected chi connectivity index (χ1v) is 7.39. The molecule has 1 heterocycles. The predicted molar refractivity (Wildman–Crippen MR) is 86.7 cm³/mol. The molecule has 0 N–H and O–H groups in total. The van der Waals surface area contributed by atoms with Gasteiger partial charge in [0.25, 0.3) is 11.1 Å². The van der Waals surface area contributed by atoms with Gasteiger partial charge in [-0.1, -0.05) is 42.5 Å². The molecule has 3 rings (SSSR count). The first-order valence-electron chi connectivity index (χ1n) is 6.57. The maximum Gasteiger partial charge on any atom is 0.298 e. The van der Waals surface area contributed by atoms with Crippen LogP contribution in [0.3, 0.4) is 0 Å². The van der Waals surface area contributed by atoms with Crippen molar-refractivity contribution in [2.45, 2.75) is 0 Å². The van der Waals surface area contributed by atoms with Gasteiger partial charge in [0, 0.05) is 5.56 Å². The number of carbonyl (C=O) groups is 3. The molecule has 0 saturated carbocycles. The fourth-order valence-electron chi connectivity index (χ4n) is 2.09. The van der Waals surface area contributed by atoms with Gasteiger partial charge in [-0.05, 0) is 35.5 Å². The summed E-state index contributed by atoms with van der Waals surface area (Å²) in [5, 5.41) is -0.313. The molecule has 2 aromatic carbocycles. The number of para-hydroxylation sites is 1. The molecule has 0 spiro atoms. The largest absolute Gasteiger partial charge is 0.298 e. The molecular formula is C17H11NO3S. The number of carbonyl (C=O) groups excluding carboxylic acids is 3. The summed E-state index contributed by atoms with van der Waals surface area (Å²) in [6, 6.07) is 15.6. The van der Waals surface area contributed by atoms with E-state index in [0.29, 0.717) is 16.2 Å². The number of nitrogens with zero attached hydrogens (tertiary/aromatic N) is 1. The van der Waals surface area contributed by atoms with E-state index in [1.807, 2.05) is 6.07 Å². The van der Waals surface area contributed by atoms with Gasteiger partial charge >= 0.3 is 0 Å². The summed E-state index contributed by atoms with van der Waals surface area (Å²) in [4.78, 5) is 36.6. The summed E-state index contributed by atoms with van der Waals surface area (Å²) >= 11 is 0.910. The second-order valence-electron chi connectivity index (χ2n) is 4.64. The van der Waals surface area contributed by atoms with Gasteiger partial charge < -0.3 is 0 Å². The molecule has 5 heteroatoms. The van der Waals surface area contributed by atoms with Crippen LogP contribution in [0.4, 0.5) is 10.5 Å². The molecule has 108 valence electrons. The zero-order chi connectivity index (χ0) is 15.5. The van der Waals surface area contributed by atoms with E-state index in [9.17, 15) is 14.4 Å². The van der Waals surface area contributed by atoms with Crippen LogP contribution < -0.4 is 4.90 Å². The normalized spacial score (nSPS) is 16.4. The first-order chi connectivity index (χ1) is 10.7. The highest BCUT2D eigenvalue weighted by atomic mass is 32.2. The first kappa shape index (κ1) is 14.3. The van der Waals surface area contributed by atoms with E-state index in [-0.39, 0.29) is 11.1 Å². The van der Waals surface area contributed by atoms with Gasteiger partial charge in [-0.3, -0.25) is 14.4 Å². The minimum atomic E-state index is -0.333. The number of imide groups is 1. The van der Waals surface area contributed by atoms with E-state index < -0.39 is 0 Å². The van der Waals surface area contributed by atoms with Crippen LogP contribution in [0, 0.1) is 0 Å². The van der Waals surface area contributed by atoms with Crippen LogP contribution in [0.25, 0.3) is 6.08 Å². The second-order valence-corrected chi connectivity index (χ2v) is 5.63. The van der Waals surface area contributed by atoms with Gasteiger partial charge in [0.15, 0.2) is 0 Å². The van der Waals surface area contributed by atoms with Crippen molar-refractivity contribution < 1.29 is 14.4 Å². The fourth-order valence-corrected chi connectivity index (χ4v) is 2.93. The zero-order valence-corrected chi connectivity index (χ0v) is 12.2. The van der Waals surface area contributed by atoms with E-state index in [2.05, 4.69) is 0 Å². The molecule has 1 fully saturated rings. The molecule has 2 amide bonds. The molecule has 2 aromatic rings. The number of aldehydes is 1. The average molecular weight is 309 g/mol. The summed E-state index contributed by atoms with van der Waals surface area (Å²) in [6.07, 6.45) is 2.41. The minimum absolute atomic E-state index is 0.313. The number of benzene rings is 2. The highest BCUT2D eigenvalue weighted by molar-refractivity contribution is 8.19. The molecule has 0 unspecified atom stereocenters. The zero-order valence-electron chi connectivity index (χ0n) is 11.4. The smallest absolute Gasteiger partial charge is 0.298 e. The Morgan fingerprint density at radius 2 is 1.50 bits per heavy atom. The Labute approximate surface area is 131 Å². The van der Waals surface area contributed by atoms with Gasteiger partial charge in [0.1, 0.15) is 6.29 Å². The maximum atomic E-state index is 12.4. The molecule has 0 atom stereocenters. The lowest BCUT2D eigenvalue weighted by Crippen LogP contribution is -2.27. The number of rotatable bonds is 3. The number of hydrogen-bond donors (Lipinski definition) is 0. The van der Waals surface area contributed by atoms with Crippen molar-refractivity contribution >= 4 is 41.0 Å². The molecule has 0 bridgehead atoms. The summed E-state index contributed by atoms with van der Waals surface area (Å²) in [5.41, 5.74) is 1.89. The summed E-state index contributed by atoms with van der Waals surface area (Å²) in [5.74, 6) is -0.333. The average Bonchev–Trinajstić information content (AvgIpc) is 2.83. The van der Waals surface area contributed by atoms with Gasteiger partial charge in [-0.2, -0.15) is 0 Å². The molecule has 0 aliphatic carbocycles. The van der Waals surface area contributed by atoms with Gasteiger partial charge in [-0.25, -0.2) is 4.90 Å². The van der Waals surface area contributed by atoms with E-state index in [0.717, 1.165) is 28.5 Å². The Bertz CT molecular complexity index is 766. The lowest BCUT2D eigenvalue weighted by Gasteiger charge is -2.11. The van der Waals surface area contributed by atoms with E-state index >= 15 is 0 Å². The SMILES string of the molecule is O=Cc1ccc(/C=C2/SC(=O)N(c3ccccc3)C2=O)cc1. The topological polar surface area (TPSA) is 54.5 Å². The monoisotopic (exact) mass is 309 g/mol. The van der Waals surface area contributed by atoms with Gasteiger partial charge in [-0.15, -0.1) is 0 Å². The van der Waals surface area contributed by atoms with Crippen molar-refractivity contribution in [1.29, 1.82) is 0 Å². The molecule has 1 aliphatic heterocycles. The fraction of sp³-hybridized carbons (Fsp3) is 0. The summed E-state index contributed by atoms with van der Waals surface area (Å²) in [7, 11) is 0. The summed E-state index contributed by atoms with van der Waals surface area (Å²) in [6.45, 7) is 0. The quantitative estimate of drug-likeness (QED) is 0.640. The molecule has 1 saturated heterocycles. The van der Waals surface area contributed by atoms with Gasteiger partial charge in [0.05, 0.1) is 10.6 Å². The van der Waals surface area contributed by atoms with Crippen molar-refractivity contribution in [3.63, 3.8) is 0 Å². The standard InChI is InChI=1S/C17H11NO3S/c19-11-13-8-6-12(7-9-13)10-15-16(20)18(17(21)22-15)14-4-2-1-3-5-14/h1-11H/b15-10+. The van der Waals surface area contributed by atoms with Crippen LogP contribution in [0.5, 0.6) is 0 Å². The minimum Gasteiger partial charge on any atom is -0.298 e. The van der Waals surface area contributed by atoms with Crippen LogP contribution in [-0.2, 0) is 4.79 Å². The van der Waals surface area contributed by atoms with E-state index in [4.69, 9.17) is 0 Å². The van der Waals surface area contributed by atoms with Crippen LogP contribution in [0.2, 0.25) is 0 Å². The Morgan fingerprint density at radius 1 is 0.864 bits per heavy atom. The third kappa shape index (κ3) is 2.71. The molecule has 22 heavy (non-hydrogen) atoms. The number of amides is 2. The van der Waals surface area contributed by atoms with E-state index in [1.54, 1.807) is 54.6 Å². The van der Waals surface area contributed by atoms with Crippen molar-refractivity contribution in [3.05, 3.63) is 70.6 Å². The number of thioether (sulfide) groups is 1. The van der Waals surface area contributed by atoms with Crippen LogP contribution in [0.15, 0.2) is 59.5 Å². The lowest BCUT2D eigenvalue weighted by atomic mass is 10.1. The lowest BCUT2D eigenvalue weighted by molar-refractivity contribution is -0.113. The Kier molecular flexibility index (Phi) is 3.89. The van der Waals surface area contributed by atoms with Crippen molar-refractivity contribution in [3.8, 4) is 0 Å². The second kappa shape index (κ2) is 5.99.